The Morgan fingerprint density at radius 3 is 2.26 bits per heavy atom. The predicted molar refractivity (Wildman–Crippen MR) is 75.4 cm³/mol. The SMILES string of the molecule is NC(Cc1ccccc1F)C1(c2ccccc2)CC1. The van der Waals surface area contributed by atoms with Gasteiger partial charge >= 0.3 is 0 Å². The Kier molecular flexibility index (Phi) is 3.11. The molecule has 0 aliphatic heterocycles. The average molecular weight is 255 g/mol. The van der Waals surface area contributed by atoms with Crippen molar-refractivity contribution in [2.75, 3.05) is 0 Å². The Morgan fingerprint density at radius 2 is 1.63 bits per heavy atom. The van der Waals surface area contributed by atoms with Crippen LogP contribution in [-0.4, -0.2) is 6.04 Å². The molecule has 3 rings (SSSR count). The lowest BCUT2D eigenvalue weighted by atomic mass is 9.85. The Morgan fingerprint density at radius 1 is 1.00 bits per heavy atom. The molecule has 1 aliphatic carbocycles. The first kappa shape index (κ1) is 12.4. The highest BCUT2D eigenvalue weighted by atomic mass is 19.1. The molecule has 2 aromatic carbocycles. The molecular weight excluding hydrogens is 237 g/mol. The topological polar surface area (TPSA) is 26.0 Å². The van der Waals surface area contributed by atoms with E-state index in [2.05, 4.69) is 12.1 Å². The maximum absolute atomic E-state index is 13.7. The van der Waals surface area contributed by atoms with Crippen molar-refractivity contribution >= 4 is 0 Å². The van der Waals surface area contributed by atoms with Crippen LogP contribution in [0.15, 0.2) is 54.6 Å². The van der Waals surface area contributed by atoms with E-state index in [0.29, 0.717) is 6.42 Å². The molecule has 0 amide bonds. The third-order valence-electron chi connectivity index (χ3n) is 4.24. The van der Waals surface area contributed by atoms with E-state index in [9.17, 15) is 4.39 Å². The molecule has 1 unspecified atom stereocenters. The average Bonchev–Trinajstić information content (AvgIpc) is 3.24. The lowest BCUT2D eigenvalue weighted by Crippen LogP contribution is -2.37. The molecule has 0 saturated heterocycles. The minimum Gasteiger partial charge on any atom is -0.327 e. The summed E-state index contributed by atoms with van der Waals surface area (Å²) in [7, 11) is 0. The fourth-order valence-corrected chi connectivity index (χ4v) is 2.87. The lowest BCUT2D eigenvalue weighted by Gasteiger charge is -2.24. The van der Waals surface area contributed by atoms with Crippen molar-refractivity contribution < 1.29 is 4.39 Å². The fraction of sp³-hybridized carbons (Fsp3) is 0.294. The van der Waals surface area contributed by atoms with Gasteiger partial charge in [-0.1, -0.05) is 48.5 Å². The Balaban J connectivity index is 1.82. The number of rotatable bonds is 4. The van der Waals surface area contributed by atoms with Crippen molar-refractivity contribution in [2.45, 2.75) is 30.7 Å². The summed E-state index contributed by atoms with van der Waals surface area (Å²) >= 11 is 0. The van der Waals surface area contributed by atoms with Crippen LogP contribution < -0.4 is 5.73 Å². The van der Waals surface area contributed by atoms with Crippen molar-refractivity contribution in [2.24, 2.45) is 5.73 Å². The highest BCUT2D eigenvalue weighted by Crippen LogP contribution is 2.50. The van der Waals surface area contributed by atoms with Crippen molar-refractivity contribution in [3.8, 4) is 0 Å². The number of nitrogens with two attached hydrogens (primary N) is 1. The Hall–Kier alpha value is -1.67. The van der Waals surface area contributed by atoms with E-state index in [-0.39, 0.29) is 17.3 Å². The molecule has 1 aliphatic rings. The van der Waals surface area contributed by atoms with E-state index in [1.807, 2.05) is 30.3 Å². The first-order valence-corrected chi connectivity index (χ1v) is 6.77. The van der Waals surface area contributed by atoms with Gasteiger partial charge in [-0.25, -0.2) is 4.39 Å². The van der Waals surface area contributed by atoms with Gasteiger partial charge in [-0.05, 0) is 36.5 Å². The van der Waals surface area contributed by atoms with E-state index >= 15 is 0 Å². The normalized spacial score (nSPS) is 18.0. The molecule has 1 saturated carbocycles. The van der Waals surface area contributed by atoms with Gasteiger partial charge in [-0.2, -0.15) is 0 Å². The number of benzene rings is 2. The Bertz CT molecular complexity index is 560. The number of hydrogen-bond acceptors (Lipinski definition) is 1. The van der Waals surface area contributed by atoms with Crippen LogP contribution in [0.25, 0.3) is 0 Å². The fourth-order valence-electron chi connectivity index (χ4n) is 2.87. The smallest absolute Gasteiger partial charge is 0.126 e. The van der Waals surface area contributed by atoms with Gasteiger partial charge < -0.3 is 5.73 Å². The second-order valence-corrected chi connectivity index (χ2v) is 5.42. The van der Waals surface area contributed by atoms with E-state index < -0.39 is 0 Å². The van der Waals surface area contributed by atoms with Crippen LogP contribution in [0.4, 0.5) is 4.39 Å². The summed E-state index contributed by atoms with van der Waals surface area (Å²) in [6, 6.07) is 17.3. The van der Waals surface area contributed by atoms with Crippen molar-refractivity contribution in [3.63, 3.8) is 0 Å². The van der Waals surface area contributed by atoms with E-state index in [0.717, 1.165) is 18.4 Å². The minimum absolute atomic E-state index is 0.0215. The highest BCUT2D eigenvalue weighted by molar-refractivity contribution is 5.35. The summed E-state index contributed by atoms with van der Waals surface area (Å²) in [5.41, 5.74) is 8.45. The molecule has 0 heterocycles. The summed E-state index contributed by atoms with van der Waals surface area (Å²) in [5.74, 6) is -0.151. The van der Waals surface area contributed by atoms with E-state index in [4.69, 9.17) is 5.73 Å². The van der Waals surface area contributed by atoms with Crippen LogP contribution >= 0.6 is 0 Å². The van der Waals surface area contributed by atoms with Crippen LogP contribution in [0.5, 0.6) is 0 Å². The lowest BCUT2D eigenvalue weighted by molar-refractivity contribution is 0.500. The van der Waals surface area contributed by atoms with Gasteiger partial charge in [0, 0.05) is 11.5 Å². The summed E-state index contributed by atoms with van der Waals surface area (Å²) in [6.07, 6.45) is 2.81. The molecule has 1 atom stereocenters. The standard InChI is InChI=1S/C17H18FN/c18-15-9-5-4-6-13(15)12-16(19)17(10-11-17)14-7-2-1-3-8-14/h1-9,16H,10-12,19H2. The molecule has 0 bridgehead atoms. The van der Waals surface area contributed by atoms with Crippen LogP contribution in [0.2, 0.25) is 0 Å². The molecule has 1 fully saturated rings. The maximum atomic E-state index is 13.7. The molecule has 1 nitrogen and oxygen atoms in total. The monoisotopic (exact) mass is 255 g/mol. The van der Waals surface area contributed by atoms with Gasteiger partial charge in [0.05, 0.1) is 0 Å². The van der Waals surface area contributed by atoms with Gasteiger partial charge in [0.25, 0.3) is 0 Å². The third-order valence-corrected chi connectivity index (χ3v) is 4.24. The van der Waals surface area contributed by atoms with Crippen LogP contribution in [0, 0.1) is 5.82 Å². The maximum Gasteiger partial charge on any atom is 0.126 e. The molecular formula is C17H18FN. The van der Waals surface area contributed by atoms with Gasteiger partial charge in [0.1, 0.15) is 5.82 Å². The zero-order valence-electron chi connectivity index (χ0n) is 10.9. The second kappa shape index (κ2) is 4.78. The van der Waals surface area contributed by atoms with Crippen LogP contribution in [-0.2, 0) is 11.8 Å². The minimum atomic E-state index is -0.151. The largest absolute Gasteiger partial charge is 0.327 e. The first-order valence-electron chi connectivity index (χ1n) is 6.77. The summed E-state index contributed by atoms with van der Waals surface area (Å²) in [5, 5.41) is 0. The first-order chi connectivity index (χ1) is 9.22. The number of halogens is 1. The summed E-state index contributed by atoms with van der Waals surface area (Å²) in [6.45, 7) is 0. The van der Waals surface area contributed by atoms with Crippen LogP contribution in [0.1, 0.15) is 24.0 Å². The molecule has 98 valence electrons. The molecule has 2 N–H and O–H groups in total. The van der Waals surface area contributed by atoms with Gasteiger partial charge in [0.15, 0.2) is 0 Å². The van der Waals surface area contributed by atoms with Gasteiger partial charge in [-0.15, -0.1) is 0 Å². The van der Waals surface area contributed by atoms with Gasteiger partial charge in [0.2, 0.25) is 0 Å². The Labute approximate surface area is 113 Å². The number of hydrogen-bond donors (Lipinski definition) is 1. The summed E-state index contributed by atoms with van der Waals surface area (Å²) < 4.78 is 13.7. The van der Waals surface area contributed by atoms with E-state index in [1.165, 1.54) is 11.6 Å². The highest BCUT2D eigenvalue weighted by Gasteiger charge is 2.48. The van der Waals surface area contributed by atoms with Crippen molar-refractivity contribution in [1.82, 2.24) is 0 Å². The zero-order chi connectivity index (χ0) is 13.3. The molecule has 2 heteroatoms. The quantitative estimate of drug-likeness (QED) is 0.890. The summed E-state index contributed by atoms with van der Waals surface area (Å²) in [4.78, 5) is 0. The predicted octanol–water partition coefficient (Wildman–Crippen LogP) is 3.43. The molecule has 19 heavy (non-hydrogen) atoms. The molecule has 0 spiro atoms. The third kappa shape index (κ3) is 2.28. The zero-order valence-corrected chi connectivity index (χ0v) is 10.9. The van der Waals surface area contributed by atoms with Gasteiger partial charge in [-0.3, -0.25) is 0 Å². The van der Waals surface area contributed by atoms with E-state index in [1.54, 1.807) is 6.07 Å². The molecule has 0 aromatic heterocycles. The van der Waals surface area contributed by atoms with Crippen LogP contribution in [0.3, 0.4) is 0 Å². The molecule has 0 radical (unpaired) electrons. The van der Waals surface area contributed by atoms with Crippen molar-refractivity contribution in [1.29, 1.82) is 0 Å². The second-order valence-electron chi connectivity index (χ2n) is 5.42. The molecule has 2 aromatic rings. The van der Waals surface area contributed by atoms with Crippen molar-refractivity contribution in [3.05, 3.63) is 71.5 Å².